The summed E-state index contributed by atoms with van der Waals surface area (Å²) in [6.45, 7) is 4.59. The van der Waals surface area contributed by atoms with Crippen LogP contribution in [0.2, 0.25) is 5.02 Å². The van der Waals surface area contributed by atoms with Crippen LogP contribution in [-0.2, 0) is 13.1 Å². The topological polar surface area (TPSA) is 110 Å². The summed E-state index contributed by atoms with van der Waals surface area (Å²) in [5.74, 6) is 0.135. The molecule has 160 valence electrons. The van der Waals surface area contributed by atoms with Gasteiger partial charge in [-0.15, -0.1) is 0 Å². The van der Waals surface area contributed by atoms with Gasteiger partial charge in [-0.25, -0.2) is 4.98 Å². The Morgan fingerprint density at radius 2 is 2.06 bits per heavy atom. The number of rotatable bonds is 5. The van der Waals surface area contributed by atoms with Gasteiger partial charge < -0.3 is 15.6 Å². The fourth-order valence-corrected chi connectivity index (χ4v) is 3.92. The third kappa shape index (κ3) is 4.41. The van der Waals surface area contributed by atoms with Gasteiger partial charge in [0.25, 0.3) is 5.91 Å². The third-order valence-electron chi connectivity index (χ3n) is 5.32. The summed E-state index contributed by atoms with van der Waals surface area (Å²) >= 11 is 6.05. The summed E-state index contributed by atoms with van der Waals surface area (Å²) in [7, 11) is 0. The summed E-state index contributed by atoms with van der Waals surface area (Å²) in [6.07, 6.45) is 4.98. The molecule has 0 spiro atoms. The average molecular weight is 445 g/mol. The molecule has 0 unspecified atom stereocenters. The number of fused-ring (bicyclic) bond motifs is 1. The fourth-order valence-electron chi connectivity index (χ4n) is 3.75. The quantitative estimate of drug-likeness (QED) is 0.480. The molecule has 0 aliphatic carbocycles. The number of benzene rings is 1. The second kappa shape index (κ2) is 8.69. The van der Waals surface area contributed by atoms with Crippen LogP contribution in [0.15, 0.2) is 48.9 Å². The van der Waals surface area contributed by atoms with Crippen molar-refractivity contribution in [3.8, 4) is 6.07 Å². The highest BCUT2D eigenvalue weighted by atomic mass is 35.5. The molecule has 0 saturated heterocycles. The predicted octanol–water partition coefficient (Wildman–Crippen LogP) is 4.13. The van der Waals surface area contributed by atoms with Crippen molar-refractivity contribution in [1.82, 2.24) is 19.9 Å². The van der Waals surface area contributed by atoms with E-state index in [-0.39, 0.29) is 5.91 Å². The first-order valence-electron chi connectivity index (χ1n) is 9.99. The standard InChI is InChI=1S/C24H21ClN6O/c1-14-5-23(27)30-15(2)20(14)10-29-24(32)21-13-31(12-18(21)8-26)11-16-3-4-22-17(6-16)7-19(25)9-28-22/h3-7,9,12-13H,10-11H2,1-2H3,(H2,27,30)(H,29,32). The van der Waals surface area contributed by atoms with Crippen molar-refractivity contribution < 1.29 is 4.79 Å². The van der Waals surface area contributed by atoms with E-state index in [4.69, 9.17) is 17.3 Å². The Labute approximate surface area is 190 Å². The number of aromatic nitrogens is 3. The highest BCUT2D eigenvalue weighted by Gasteiger charge is 2.16. The van der Waals surface area contributed by atoms with Crippen molar-refractivity contribution in [2.24, 2.45) is 0 Å². The van der Waals surface area contributed by atoms with Crippen LogP contribution < -0.4 is 11.1 Å². The van der Waals surface area contributed by atoms with Crippen LogP contribution in [0.4, 0.5) is 5.82 Å². The number of nitrogens with one attached hydrogen (secondary N) is 1. The van der Waals surface area contributed by atoms with E-state index in [0.717, 1.165) is 33.3 Å². The van der Waals surface area contributed by atoms with Crippen LogP contribution >= 0.6 is 11.6 Å². The number of carbonyl (C=O) groups excluding carboxylic acids is 1. The minimum atomic E-state index is -0.314. The Morgan fingerprint density at radius 1 is 1.25 bits per heavy atom. The van der Waals surface area contributed by atoms with Crippen LogP contribution in [0.1, 0.15) is 38.3 Å². The van der Waals surface area contributed by atoms with Gasteiger partial charge in [0.15, 0.2) is 0 Å². The number of carbonyl (C=O) groups is 1. The van der Waals surface area contributed by atoms with Crippen molar-refractivity contribution in [3.05, 3.63) is 87.5 Å². The Bertz CT molecular complexity index is 1360. The second-order valence-corrected chi connectivity index (χ2v) is 8.10. The van der Waals surface area contributed by atoms with Crippen molar-refractivity contribution >= 4 is 34.2 Å². The van der Waals surface area contributed by atoms with Gasteiger partial charge in [0.2, 0.25) is 0 Å². The first kappa shape index (κ1) is 21.3. The van der Waals surface area contributed by atoms with Gasteiger partial charge in [-0.05, 0) is 54.8 Å². The van der Waals surface area contributed by atoms with Gasteiger partial charge in [-0.3, -0.25) is 9.78 Å². The van der Waals surface area contributed by atoms with E-state index < -0.39 is 0 Å². The van der Waals surface area contributed by atoms with Gasteiger partial charge in [-0.2, -0.15) is 5.26 Å². The molecule has 1 amide bonds. The van der Waals surface area contributed by atoms with Crippen LogP contribution in [0.25, 0.3) is 10.9 Å². The Balaban J connectivity index is 1.53. The Hall–Kier alpha value is -3.89. The van der Waals surface area contributed by atoms with Crippen molar-refractivity contribution in [2.45, 2.75) is 26.9 Å². The normalized spacial score (nSPS) is 10.8. The predicted molar refractivity (Wildman–Crippen MR) is 124 cm³/mol. The number of aryl methyl sites for hydroxylation is 2. The summed E-state index contributed by atoms with van der Waals surface area (Å²) < 4.78 is 1.83. The van der Waals surface area contributed by atoms with E-state index in [2.05, 4.69) is 21.4 Å². The molecule has 4 aromatic rings. The molecular formula is C24H21ClN6O. The highest BCUT2D eigenvalue weighted by Crippen LogP contribution is 2.20. The van der Waals surface area contributed by atoms with Gasteiger partial charge in [-0.1, -0.05) is 17.7 Å². The lowest BCUT2D eigenvalue weighted by Gasteiger charge is -2.11. The van der Waals surface area contributed by atoms with E-state index in [1.807, 2.05) is 42.7 Å². The average Bonchev–Trinajstić information content (AvgIpc) is 3.15. The molecule has 0 aliphatic heterocycles. The molecule has 0 saturated carbocycles. The first-order chi connectivity index (χ1) is 15.3. The van der Waals surface area contributed by atoms with E-state index in [9.17, 15) is 10.1 Å². The maximum Gasteiger partial charge on any atom is 0.254 e. The van der Waals surface area contributed by atoms with Crippen LogP contribution in [0.3, 0.4) is 0 Å². The lowest BCUT2D eigenvalue weighted by atomic mass is 10.1. The molecule has 32 heavy (non-hydrogen) atoms. The SMILES string of the molecule is Cc1cc(N)nc(C)c1CNC(=O)c1cn(Cc2ccc3ncc(Cl)cc3c2)cc1C#N. The van der Waals surface area contributed by atoms with Crippen molar-refractivity contribution in [1.29, 1.82) is 5.26 Å². The van der Waals surface area contributed by atoms with Gasteiger partial charge >= 0.3 is 0 Å². The number of anilines is 1. The van der Waals surface area contributed by atoms with Crippen LogP contribution in [0, 0.1) is 25.2 Å². The van der Waals surface area contributed by atoms with E-state index >= 15 is 0 Å². The number of pyridine rings is 2. The molecule has 0 atom stereocenters. The fraction of sp³-hybridized carbons (Fsp3) is 0.167. The second-order valence-electron chi connectivity index (χ2n) is 7.66. The van der Waals surface area contributed by atoms with Crippen LogP contribution in [-0.4, -0.2) is 20.4 Å². The third-order valence-corrected chi connectivity index (χ3v) is 5.53. The number of nitriles is 1. The largest absolute Gasteiger partial charge is 0.384 e. The van der Waals surface area contributed by atoms with E-state index in [1.54, 1.807) is 24.7 Å². The number of nitrogen functional groups attached to an aromatic ring is 1. The summed E-state index contributed by atoms with van der Waals surface area (Å²) in [5.41, 5.74) is 10.9. The number of hydrogen-bond acceptors (Lipinski definition) is 5. The molecule has 3 aromatic heterocycles. The summed E-state index contributed by atoms with van der Waals surface area (Å²) in [5, 5.41) is 13.9. The van der Waals surface area contributed by atoms with E-state index in [1.165, 1.54) is 0 Å². The minimum absolute atomic E-state index is 0.304. The molecule has 0 bridgehead atoms. The lowest BCUT2D eigenvalue weighted by Crippen LogP contribution is -2.24. The number of amides is 1. The number of nitrogens with two attached hydrogens (primary N) is 1. The molecule has 4 rings (SSSR count). The molecule has 1 aromatic carbocycles. The first-order valence-corrected chi connectivity index (χ1v) is 10.4. The van der Waals surface area contributed by atoms with Crippen molar-refractivity contribution in [2.75, 3.05) is 5.73 Å². The minimum Gasteiger partial charge on any atom is -0.384 e. The molecule has 7 nitrogen and oxygen atoms in total. The Morgan fingerprint density at radius 3 is 2.81 bits per heavy atom. The Kier molecular flexibility index (Phi) is 5.80. The molecule has 0 radical (unpaired) electrons. The number of nitrogens with zero attached hydrogens (tertiary/aromatic N) is 4. The summed E-state index contributed by atoms with van der Waals surface area (Å²) in [4.78, 5) is 21.4. The number of halogens is 1. The molecule has 0 aliphatic rings. The zero-order valence-electron chi connectivity index (χ0n) is 17.7. The highest BCUT2D eigenvalue weighted by molar-refractivity contribution is 6.31. The smallest absolute Gasteiger partial charge is 0.254 e. The molecule has 8 heteroatoms. The van der Waals surface area contributed by atoms with Crippen LogP contribution in [0.5, 0.6) is 0 Å². The van der Waals surface area contributed by atoms with Gasteiger partial charge in [0.05, 0.1) is 21.7 Å². The maximum absolute atomic E-state index is 12.8. The van der Waals surface area contributed by atoms with Crippen molar-refractivity contribution in [3.63, 3.8) is 0 Å². The maximum atomic E-state index is 12.8. The van der Waals surface area contributed by atoms with Gasteiger partial charge in [0, 0.05) is 42.8 Å². The lowest BCUT2D eigenvalue weighted by molar-refractivity contribution is 0.0950. The monoisotopic (exact) mass is 444 g/mol. The van der Waals surface area contributed by atoms with Gasteiger partial charge in [0.1, 0.15) is 11.9 Å². The van der Waals surface area contributed by atoms with E-state index in [0.29, 0.717) is 35.1 Å². The molecule has 3 N–H and O–H groups in total. The summed E-state index contributed by atoms with van der Waals surface area (Å²) in [6, 6.07) is 11.6. The molecule has 3 heterocycles. The molecular weight excluding hydrogens is 424 g/mol. The zero-order chi connectivity index (χ0) is 22.8. The molecule has 0 fully saturated rings. The number of hydrogen-bond donors (Lipinski definition) is 2. The zero-order valence-corrected chi connectivity index (χ0v) is 18.4.